The average molecular weight is 362 g/mol. The number of thiophene rings is 1. The van der Waals surface area contributed by atoms with E-state index in [1.807, 2.05) is 55.6 Å². The van der Waals surface area contributed by atoms with Crippen LogP contribution < -0.4 is 9.64 Å². The fraction of sp³-hybridized carbons (Fsp3) is 0.176. The lowest BCUT2D eigenvalue weighted by Gasteiger charge is -2.15. The van der Waals surface area contributed by atoms with Gasteiger partial charge in [0.2, 0.25) is 0 Å². The maximum atomic E-state index is 12.7. The van der Waals surface area contributed by atoms with E-state index in [4.69, 9.17) is 17.0 Å². The van der Waals surface area contributed by atoms with Gasteiger partial charge in [0.25, 0.3) is 5.91 Å². The van der Waals surface area contributed by atoms with Gasteiger partial charge < -0.3 is 4.74 Å². The minimum absolute atomic E-state index is 0.0723. The van der Waals surface area contributed by atoms with E-state index in [1.54, 1.807) is 16.2 Å². The molecule has 6 heteroatoms. The van der Waals surface area contributed by atoms with Crippen LogP contribution in [0.25, 0.3) is 6.08 Å². The van der Waals surface area contributed by atoms with Crippen molar-refractivity contribution in [3.63, 3.8) is 0 Å². The second-order valence-electron chi connectivity index (χ2n) is 4.91. The van der Waals surface area contributed by atoms with Crippen molar-refractivity contribution in [2.24, 2.45) is 0 Å². The van der Waals surface area contributed by atoms with Crippen molar-refractivity contribution in [2.45, 2.75) is 13.8 Å². The monoisotopic (exact) mass is 361 g/mol. The van der Waals surface area contributed by atoms with Gasteiger partial charge in [-0.3, -0.25) is 9.69 Å². The molecule has 0 unspecified atom stereocenters. The molecular formula is C17H15NO2S3. The number of thiocarbonyl (C=S) groups is 1. The van der Waals surface area contributed by atoms with Crippen LogP contribution >= 0.6 is 35.3 Å². The Labute approximate surface area is 149 Å². The molecule has 1 aromatic carbocycles. The second-order valence-corrected chi connectivity index (χ2v) is 7.54. The summed E-state index contributed by atoms with van der Waals surface area (Å²) in [6.45, 7) is 4.59. The zero-order valence-corrected chi connectivity index (χ0v) is 15.2. The number of hydrogen-bond donors (Lipinski definition) is 0. The Morgan fingerprint density at radius 1 is 1.26 bits per heavy atom. The van der Waals surface area contributed by atoms with Gasteiger partial charge in [-0.25, -0.2) is 0 Å². The number of carbonyl (C=O) groups excluding carboxylic acids is 1. The van der Waals surface area contributed by atoms with Gasteiger partial charge in [0.05, 0.1) is 17.2 Å². The molecule has 3 rings (SSSR count). The van der Waals surface area contributed by atoms with E-state index in [2.05, 4.69) is 0 Å². The van der Waals surface area contributed by atoms with Gasteiger partial charge in [-0.1, -0.05) is 24.0 Å². The van der Waals surface area contributed by atoms with E-state index in [9.17, 15) is 4.79 Å². The molecule has 1 aliphatic rings. The van der Waals surface area contributed by atoms with Crippen LogP contribution in [0.3, 0.4) is 0 Å². The Morgan fingerprint density at radius 2 is 2.00 bits per heavy atom. The quantitative estimate of drug-likeness (QED) is 0.574. The largest absolute Gasteiger partial charge is 0.494 e. The molecule has 2 heterocycles. The van der Waals surface area contributed by atoms with E-state index < -0.39 is 0 Å². The topological polar surface area (TPSA) is 29.5 Å². The summed E-state index contributed by atoms with van der Waals surface area (Å²) in [5.41, 5.74) is 1.93. The first-order chi connectivity index (χ1) is 11.1. The lowest BCUT2D eigenvalue weighted by molar-refractivity contribution is -0.113. The van der Waals surface area contributed by atoms with Crippen LogP contribution in [0.2, 0.25) is 0 Å². The molecule has 23 heavy (non-hydrogen) atoms. The van der Waals surface area contributed by atoms with Gasteiger partial charge in [0.1, 0.15) is 5.75 Å². The molecule has 1 aliphatic heterocycles. The second kappa shape index (κ2) is 6.86. The fourth-order valence-electron chi connectivity index (χ4n) is 2.20. The summed E-state index contributed by atoms with van der Waals surface area (Å²) in [5, 5.41) is 2.02. The standard InChI is InChI=1S/C17H15NO2S3/c1-3-20-13-6-4-12(5-7-13)18-16(19)15(23-17(18)21)10-14-11(2)8-9-22-14/h4-10H,3H2,1-2H3/b15-10+. The molecule has 118 valence electrons. The highest BCUT2D eigenvalue weighted by molar-refractivity contribution is 8.27. The molecule has 1 aromatic heterocycles. The number of thioether (sulfide) groups is 1. The Kier molecular flexibility index (Phi) is 4.84. The summed E-state index contributed by atoms with van der Waals surface area (Å²) in [5.74, 6) is 0.711. The predicted octanol–water partition coefficient (Wildman–Crippen LogP) is 4.86. The third-order valence-corrected chi connectivity index (χ3v) is 5.63. The predicted molar refractivity (Wildman–Crippen MR) is 102 cm³/mol. The molecule has 1 amide bonds. The van der Waals surface area contributed by atoms with Crippen molar-refractivity contribution in [1.29, 1.82) is 0 Å². The molecule has 0 radical (unpaired) electrons. The van der Waals surface area contributed by atoms with Crippen molar-refractivity contribution < 1.29 is 9.53 Å². The molecule has 1 saturated heterocycles. The minimum Gasteiger partial charge on any atom is -0.494 e. The first-order valence-corrected chi connectivity index (χ1v) is 9.25. The highest BCUT2D eigenvalue weighted by Gasteiger charge is 2.33. The minimum atomic E-state index is -0.0723. The number of amides is 1. The van der Waals surface area contributed by atoms with Crippen LogP contribution in [0.1, 0.15) is 17.4 Å². The van der Waals surface area contributed by atoms with Gasteiger partial charge in [0.15, 0.2) is 4.32 Å². The molecule has 0 N–H and O–H groups in total. The molecule has 3 nitrogen and oxygen atoms in total. The zero-order valence-electron chi connectivity index (χ0n) is 12.7. The maximum Gasteiger partial charge on any atom is 0.270 e. The smallest absolute Gasteiger partial charge is 0.270 e. The first-order valence-electron chi connectivity index (χ1n) is 7.15. The van der Waals surface area contributed by atoms with Crippen LogP contribution in [-0.4, -0.2) is 16.8 Å². The number of hydrogen-bond acceptors (Lipinski definition) is 5. The Balaban J connectivity index is 1.87. The van der Waals surface area contributed by atoms with Crippen LogP contribution in [0.4, 0.5) is 5.69 Å². The van der Waals surface area contributed by atoms with Crippen molar-refractivity contribution in [3.05, 3.63) is 51.1 Å². The molecule has 0 atom stereocenters. The van der Waals surface area contributed by atoms with Gasteiger partial charge in [0, 0.05) is 4.88 Å². The van der Waals surface area contributed by atoms with Crippen LogP contribution in [0.5, 0.6) is 5.75 Å². The molecule has 0 saturated carbocycles. The lowest BCUT2D eigenvalue weighted by atomic mass is 10.2. The molecule has 0 spiro atoms. The van der Waals surface area contributed by atoms with E-state index in [-0.39, 0.29) is 5.91 Å². The Morgan fingerprint density at radius 3 is 2.61 bits per heavy atom. The van der Waals surface area contributed by atoms with Crippen LogP contribution in [-0.2, 0) is 4.79 Å². The van der Waals surface area contributed by atoms with Crippen LogP contribution in [0.15, 0.2) is 40.6 Å². The number of ether oxygens (including phenoxy) is 1. The number of nitrogens with zero attached hydrogens (tertiary/aromatic N) is 1. The normalized spacial score (nSPS) is 16.4. The zero-order chi connectivity index (χ0) is 16.4. The van der Waals surface area contributed by atoms with E-state index >= 15 is 0 Å². The number of anilines is 1. The van der Waals surface area contributed by atoms with Crippen LogP contribution in [0, 0.1) is 6.92 Å². The SMILES string of the molecule is CCOc1ccc(N2C(=O)/C(=C\c3sccc3C)SC2=S)cc1. The molecule has 0 aliphatic carbocycles. The number of carbonyl (C=O) groups is 1. The van der Waals surface area contributed by atoms with Gasteiger partial charge in [-0.05, 0) is 61.2 Å². The molecule has 2 aromatic rings. The summed E-state index contributed by atoms with van der Waals surface area (Å²) in [6.07, 6.45) is 1.92. The number of rotatable bonds is 4. The molecular weight excluding hydrogens is 346 g/mol. The van der Waals surface area contributed by atoms with Gasteiger partial charge >= 0.3 is 0 Å². The van der Waals surface area contributed by atoms with E-state index in [1.165, 1.54) is 17.3 Å². The van der Waals surface area contributed by atoms with Gasteiger partial charge in [-0.2, -0.15) is 0 Å². The maximum absolute atomic E-state index is 12.7. The number of aryl methyl sites for hydroxylation is 1. The van der Waals surface area contributed by atoms with Crippen molar-refractivity contribution >= 4 is 57.3 Å². The highest BCUT2D eigenvalue weighted by atomic mass is 32.2. The molecule has 0 bridgehead atoms. The average Bonchev–Trinajstić information content (AvgIpc) is 3.05. The highest BCUT2D eigenvalue weighted by Crippen LogP contribution is 2.37. The summed E-state index contributed by atoms with van der Waals surface area (Å²) in [6, 6.07) is 9.46. The van der Waals surface area contributed by atoms with Crippen molar-refractivity contribution in [1.82, 2.24) is 0 Å². The summed E-state index contributed by atoms with van der Waals surface area (Å²) in [7, 11) is 0. The fourth-order valence-corrected chi connectivity index (χ4v) is 4.41. The summed E-state index contributed by atoms with van der Waals surface area (Å²) >= 11 is 8.35. The van der Waals surface area contributed by atoms with Crippen molar-refractivity contribution in [3.8, 4) is 5.75 Å². The van der Waals surface area contributed by atoms with E-state index in [0.29, 0.717) is 15.8 Å². The Bertz CT molecular complexity index is 777. The summed E-state index contributed by atoms with van der Waals surface area (Å²) < 4.78 is 5.99. The van der Waals surface area contributed by atoms with E-state index in [0.717, 1.165) is 16.3 Å². The number of benzene rings is 1. The van der Waals surface area contributed by atoms with Crippen molar-refractivity contribution in [2.75, 3.05) is 11.5 Å². The third-order valence-electron chi connectivity index (χ3n) is 3.36. The molecule has 1 fully saturated rings. The lowest BCUT2D eigenvalue weighted by Crippen LogP contribution is -2.27. The third kappa shape index (κ3) is 3.34. The Hall–Kier alpha value is -1.63. The first kappa shape index (κ1) is 16.2. The summed E-state index contributed by atoms with van der Waals surface area (Å²) in [4.78, 5) is 16.0. The van der Waals surface area contributed by atoms with Gasteiger partial charge in [-0.15, -0.1) is 11.3 Å².